The minimum atomic E-state index is -0.516. The lowest BCUT2D eigenvalue weighted by molar-refractivity contribution is -0.140. The maximum Gasteiger partial charge on any atom is 0.246 e. The summed E-state index contributed by atoms with van der Waals surface area (Å²) in [6.07, 6.45) is 5.97. The Morgan fingerprint density at radius 2 is 2.03 bits per heavy atom. The minimum absolute atomic E-state index is 0.0210. The standard InChI is InChI=1S/C29H36N4O3S/c1-4-19(3)27(34)32-26(20-10-14-36-15-11-20)29(35)33-13-5-6-25(33)28-31-24(17-37-28)22-9-12-30-23-16-18(2)7-8-21(22)23/h7-9,12,16-17,19-20,25-26H,4-6,10-11,13-15H2,1-3H3,(H,32,34)/t19-,25+,26+/m1/s1. The van der Waals surface area contributed by atoms with Gasteiger partial charge in [-0.15, -0.1) is 11.3 Å². The summed E-state index contributed by atoms with van der Waals surface area (Å²) in [6.45, 7) is 7.94. The first-order valence-corrected chi connectivity index (χ1v) is 14.3. The van der Waals surface area contributed by atoms with Gasteiger partial charge in [-0.05, 0) is 62.6 Å². The number of ether oxygens (including phenoxy) is 1. The van der Waals surface area contributed by atoms with Crippen LogP contribution in [0, 0.1) is 18.8 Å². The number of carbonyl (C=O) groups is 2. The molecule has 196 valence electrons. The first kappa shape index (κ1) is 25.8. The van der Waals surface area contributed by atoms with Gasteiger partial charge in [0.1, 0.15) is 11.0 Å². The van der Waals surface area contributed by atoms with Crippen molar-refractivity contribution >= 4 is 34.1 Å². The SMILES string of the molecule is CC[C@@H](C)C(=O)N[C@H](C(=O)N1CCC[C@H]1c1nc(-c2ccnc3cc(C)ccc23)cs1)C1CCOCC1. The van der Waals surface area contributed by atoms with Crippen LogP contribution in [0.15, 0.2) is 35.8 Å². The second-order valence-electron chi connectivity index (χ2n) is 10.4. The highest BCUT2D eigenvalue weighted by Gasteiger charge is 2.40. The van der Waals surface area contributed by atoms with E-state index in [9.17, 15) is 9.59 Å². The molecule has 2 amide bonds. The number of aryl methyl sites for hydroxylation is 1. The summed E-state index contributed by atoms with van der Waals surface area (Å²) in [4.78, 5) is 38.4. The van der Waals surface area contributed by atoms with Gasteiger partial charge < -0.3 is 15.0 Å². The smallest absolute Gasteiger partial charge is 0.246 e. The van der Waals surface area contributed by atoms with Gasteiger partial charge in [0.05, 0.1) is 17.3 Å². The van der Waals surface area contributed by atoms with Crippen LogP contribution in [0.25, 0.3) is 22.2 Å². The molecule has 4 heterocycles. The number of nitrogens with zero attached hydrogens (tertiary/aromatic N) is 3. The molecule has 2 fully saturated rings. The highest BCUT2D eigenvalue weighted by molar-refractivity contribution is 7.10. The molecule has 0 aliphatic carbocycles. The van der Waals surface area contributed by atoms with Crippen molar-refractivity contribution in [1.82, 2.24) is 20.2 Å². The first-order chi connectivity index (χ1) is 18.0. The number of carbonyl (C=O) groups excluding carboxylic acids is 2. The summed E-state index contributed by atoms with van der Waals surface area (Å²) in [5.74, 6) is -0.0499. The van der Waals surface area contributed by atoms with Crippen LogP contribution in [0.5, 0.6) is 0 Å². The molecule has 3 atom stereocenters. The zero-order valence-electron chi connectivity index (χ0n) is 21.9. The maximum atomic E-state index is 14.0. The third-order valence-corrected chi connectivity index (χ3v) is 8.82. The molecule has 8 heteroatoms. The highest BCUT2D eigenvalue weighted by atomic mass is 32.1. The molecule has 2 aliphatic heterocycles. The number of amides is 2. The van der Waals surface area contributed by atoms with Crippen molar-refractivity contribution < 1.29 is 14.3 Å². The van der Waals surface area contributed by atoms with Crippen molar-refractivity contribution in [3.8, 4) is 11.3 Å². The molecule has 37 heavy (non-hydrogen) atoms. The van der Waals surface area contributed by atoms with E-state index in [1.165, 1.54) is 5.56 Å². The Labute approximate surface area is 222 Å². The monoisotopic (exact) mass is 520 g/mol. The number of thiazole rings is 1. The van der Waals surface area contributed by atoms with Gasteiger partial charge in [-0.3, -0.25) is 14.6 Å². The number of hydrogen-bond donors (Lipinski definition) is 1. The summed E-state index contributed by atoms with van der Waals surface area (Å²) in [5, 5.41) is 7.26. The van der Waals surface area contributed by atoms with E-state index in [1.54, 1.807) is 11.3 Å². The normalized spacial score (nSPS) is 20.2. The number of benzene rings is 1. The molecular weight excluding hydrogens is 484 g/mol. The van der Waals surface area contributed by atoms with Gasteiger partial charge in [0, 0.05) is 48.2 Å². The van der Waals surface area contributed by atoms with E-state index in [0.717, 1.165) is 59.3 Å². The Bertz CT molecular complexity index is 1270. The van der Waals surface area contributed by atoms with Crippen molar-refractivity contribution in [2.45, 2.75) is 65.0 Å². The number of rotatable bonds is 7. The Morgan fingerprint density at radius 1 is 1.22 bits per heavy atom. The van der Waals surface area contributed by atoms with Crippen LogP contribution in [0.3, 0.4) is 0 Å². The van der Waals surface area contributed by atoms with E-state index in [2.05, 4.69) is 40.8 Å². The molecule has 7 nitrogen and oxygen atoms in total. The fourth-order valence-electron chi connectivity index (χ4n) is 5.42. The van der Waals surface area contributed by atoms with Gasteiger partial charge in [0.15, 0.2) is 0 Å². The summed E-state index contributed by atoms with van der Waals surface area (Å²) >= 11 is 1.61. The molecule has 0 bridgehead atoms. The number of fused-ring (bicyclic) bond motifs is 1. The fraction of sp³-hybridized carbons (Fsp3) is 0.517. The average Bonchev–Trinajstić information content (AvgIpc) is 3.60. The predicted molar refractivity (Wildman–Crippen MR) is 146 cm³/mol. The van der Waals surface area contributed by atoms with E-state index in [-0.39, 0.29) is 29.7 Å². The van der Waals surface area contributed by atoms with Crippen molar-refractivity contribution in [2.75, 3.05) is 19.8 Å². The van der Waals surface area contributed by atoms with Crippen LogP contribution in [0.4, 0.5) is 0 Å². The predicted octanol–water partition coefficient (Wildman–Crippen LogP) is 5.29. The minimum Gasteiger partial charge on any atom is -0.381 e. The summed E-state index contributed by atoms with van der Waals surface area (Å²) in [5.41, 5.74) is 4.11. The Balaban J connectivity index is 1.40. The van der Waals surface area contributed by atoms with Crippen LogP contribution in [0.1, 0.15) is 62.6 Å². The van der Waals surface area contributed by atoms with Crippen molar-refractivity contribution in [2.24, 2.45) is 11.8 Å². The third kappa shape index (κ3) is 5.41. The van der Waals surface area contributed by atoms with Gasteiger partial charge in [0.2, 0.25) is 11.8 Å². The molecule has 0 radical (unpaired) electrons. The molecule has 2 saturated heterocycles. The zero-order valence-corrected chi connectivity index (χ0v) is 22.7. The van der Waals surface area contributed by atoms with E-state index >= 15 is 0 Å². The highest BCUT2D eigenvalue weighted by Crippen LogP contribution is 2.38. The van der Waals surface area contributed by atoms with E-state index in [4.69, 9.17) is 9.72 Å². The number of likely N-dealkylation sites (tertiary alicyclic amines) is 1. The second kappa shape index (κ2) is 11.3. The number of pyridine rings is 1. The van der Waals surface area contributed by atoms with Crippen molar-refractivity contribution in [1.29, 1.82) is 0 Å². The van der Waals surface area contributed by atoms with E-state index < -0.39 is 6.04 Å². The van der Waals surface area contributed by atoms with E-state index in [0.29, 0.717) is 19.8 Å². The van der Waals surface area contributed by atoms with Crippen LogP contribution in [-0.4, -0.2) is 52.5 Å². The van der Waals surface area contributed by atoms with Crippen LogP contribution in [-0.2, 0) is 14.3 Å². The summed E-state index contributed by atoms with van der Waals surface area (Å²) < 4.78 is 5.55. The second-order valence-corrected chi connectivity index (χ2v) is 11.3. The quantitative estimate of drug-likeness (QED) is 0.458. The molecule has 0 spiro atoms. The van der Waals surface area contributed by atoms with E-state index in [1.807, 2.05) is 31.0 Å². The molecule has 3 aromatic rings. The molecule has 5 rings (SSSR count). The first-order valence-electron chi connectivity index (χ1n) is 13.5. The molecule has 0 unspecified atom stereocenters. The Morgan fingerprint density at radius 3 is 2.81 bits per heavy atom. The van der Waals surface area contributed by atoms with Gasteiger partial charge >= 0.3 is 0 Å². The molecule has 0 saturated carbocycles. The van der Waals surface area contributed by atoms with Gasteiger partial charge in [0.25, 0.3) is 0 Å². The lowest BCUT2D eigenvalue weighted by Gasteiger charge is -2.35. The van der Waals surface area contributed by atoms with Crippen LogP contribution >= 0.6 is 11.3 Å². The fourth-order valence-corrected chi connectivity index (χ4v) is 6.39. The molecule has 2 aliphatic rings. The lowest BCUT2D eigenvalue weighted by atomic mass is 9.90. The molecular formula is C29H36N4O3S. The van der Waals surface area contributed by atoms with Gasteiger partial charge in [-0.2, -0.15) is 0 Å². The number of aromatic nitrogens is 2. The Kier molecular flexibility index (Phi) is 7.86. The molecule has 1 N–H and O–H groups in total. The van der Waals surface area contributed by atoms with Gasteiger partial charge in [-0.1, -0.05) is 26.0 Å². The number of nitrogens with one attached hydrogen (secondary N) is 1. The Hall–Kier alpha value is -2.84. The zero-order chi connectivity index (χ0) is 25.9. The topological polar surface area (TPSA) is 84.4 Å². The molecule has 1 aromatic carbocycles. The van der Waals surface area contributed by atoms with Crippen LogP contribution in [0.2, 0.25) is 0 Å². The molecule has 2 aromatic heterocycles. The summed E-state index contributed by atoms with van der Waals surface area (Å²) in [7, 11) is 0. The average molecular weight is 521 g/mol. The van der Waals surface area contributed by atoms with Crippen molar-refractivity contribution in [3.05, 3.63) is 46.4 Å². The summed E-state index contributed by atoms with van der Waals surface area (Å²) in [6, 6.07) is 7.73. The maximum absolute atomic E-state index is 14.0. The number of hydrogen-bond acceptors (Lipinski definition) is 6. The van der Waals surface area contributed by atoms with Crippen molar-refractivity contribution in [3.63, 3.8) is 0 Å². The van der Waals surface area contributed by atoms with Crippen LogP contribution < -0.4 is 5.32 Å². The lowest BCUT2D eigenvalue weighted by Crippen LogP contribution is -2.54. The largest absolute Gasteiger partial charge is 0.381 e. The van der Waals surface area contributed by atoms with Gasteiger partial charge in [-0.25, -0.2) is 4.98 Å². The third-order valence-electron chi connectivity index (χ3n) is 7.88.